The van der Waals surface area contributed by atoms with Crippen molar-refractivity contribution in [3.63, 3.8) is 0 Å². The van der Waals surface area contributed by atoms with Gasteiger partial charge in [-0.3, -0.25) is 4.79 Å². The number of ether oxygens (including phenoxy) is 1. The molecule has 0 saturated carbocycles. The van der Waals surface area contributed by atoms with Crippen molar-refractivity contribution >= 4 is 11.9 Å². The molecule has 0 saturated heterocycles. The molecule has 0 aliphatic carbocycles. The topological polar surface area (TPSA) is 107 Å². The molecule has 0 fully saturated rings. The second-order valence-electron chi connectivity index (χ2n) is 8.10. The van der Waals surface area contributed by atoms with Gasteiger partial charge in [0.15, 0.2) is 6.10 Å². The van der Waals surface area contributed by atoms with Crippen LogP contribution in [0.2, 0.25) is 0 Å². The Morgan fingerprint density at radius 2 is 1.54 bits per heavy atom. The van der Waals surface area contributed by atoms with Gasteiger partial charge in [0, 0.05) is 12.4 Å². The van der Waals surface area contributed by atoms with Gasteiger partial charge in [0.1, 0.15) is 6.54 Å². The van der Waals surface area contributed by atoms with E-state index in [1.807, 2.05) is 28.1 Å². The summed E-state index contributed by atoms with van der Waals surface area (Å²) in [6, 6.07) is 0. The number of carbonyl (C=O) groups is 2. The summed E-state index contributed by atoms with van der Waals surface area (Å²) in [5.41, 5.74) is 0. The third-order valence-electron chi connectivity index (χ3n) is 4.04. The van der Waals surface area contributed by atoms with Crippen LogP contribution in [0.1, 0.15) is 64.7 Å². The minimum atomic E-state index is -1.26. The lowest BCUT2D eigenvalue weighted by Crippen LogP contribution is -2.45. The molecule has 0 aliphatic rings. The van der Waals surface area contributed by atoms with Gasteiger partial charge in [-0.15, -0.1) is 0 Å². The molecular weight excluding hydrogens is 338 g/mol. The van der Waals surface area contributed by atoms with Gasteiger partial charge in [-0.1, -0.05) is 32.6 Å². The summed E-state index contributed by atoms with van der Waals surface area (Å²) in [4.78, 5) is 22.8. The highest BCUT2D eigenvalue weighted by Crippen LogP contribution is 2.13. The van der Waals surface area contributed by atoms with Crippen molar-refractivity contribution in [3.05, 3.63) is 0 Å². The van der Waals surface area contributed by atoms with E-state index in [1.165, 1.54) is 0 Å². The maximum atomic E-state index is 11.9. The van der Waals surface area contributed by atoms with Crippen LogP contribution < -0.4 is 5.11 Å². The van der Waals surface area contributed by atoms with Crippen LogP contribution >= 0.6 is 0 Å². The summed E-state index contributed by atoms with van der Waals surface area (Å²) >= 11 is 0. The molecule has 154 valence electrons. The number of carboxylic acid groups (broad SMARTS) is 1. The van der Waals surface area contributed by atoms with Crippen LogP contribution in [-0.2, 0) is 14.3 Å². The molecule has 0 aromatic rings. The maximum absolute atomic E-state index is 11.9. The highest BCUT2D eigenvalue weighted by atomic mass is 16.5. The number of unbranched alkanes of at least 4 members (excludes halogenated alkanes) is 2. The summed E-state index contributed by atoms with van der Waals surface area (Å²) in [7, 11) is 5.63. The molecule has 0 radical (unpaired) electrons. The summed E-state index contributed by atoms with van der Waals surface area (Å²) in [6.07, 6.45) is 3.30. The van der Waals surface area contributed by atoms with Crippen molar-refractivity contribution < 1.29 is 34.1 Å². The summed E-state index contributed by atoms with van der Waals surface area (Å²) in [5.74, 6) is -1.85. The van der Waals surface area contributed by atoms with E-state index in [0.717, 1.165) is 38.5 Å². The number of aliphatic hydroxyl groups is 2. The van der Waals surface area contributed by atoms with Crippen molar-refractivity contribution in [2.24, 2.45) is 0 Å². The Hall–Kier alpha value is -1.18. The number of aliphatic hydroxyl groups excluding tert-OH is 2. The molecule has 0 bridgehead atoms. The van der Waals surface area contributed by atoms with E-state index in [-0.39, 0.29) is 18.9 Å². The average molecular weight is 376 g/mol. The lowest BCUT2D eigenvalue weighted by atomic mass is 10.0. The lowest BCUT2D eigenvalue weighted by Gasteiger charge is -2.29. The summed E-state index contributed by atoms with van der Waals surface area (Å²) in [5, 5.41) is 30.4. The third-order valence-corrected chi connectivity index (χ3v) is 4.04. The SMILES string of the molecule is CCCC(O)CCCCCC(O)CC(=O)OC(CC(=O)[O-])C[N+](C)(C)C. The van der Waals surface area contributed by atoms with E-state index in [1.54, 1.807) is 0 Å². The van der Waals surface area contributed by atoms with Crippen molar-refractivity contribution in [1.82, 2.24) is 0 Å². The van der Waals surface area contributed by atoms with Gasteiger partial charge >= 0.3 is 5.97 Å². The predicted octanol–water partition coefficient (Wildman–Crippen LogP) is 0.607. The van der Waals surface area contributed by atoms with E-state index in [2.05, 4.69) is 0 Å². The van der Waals surface area contributed by atoms with Crippen LogP contribution in [-0.4, -0.2) is 72.6 Å². The third kappa shape index (κ3) is 15.1. The number of nitrogens with zero attached hydrogens (tertiary/aromatic N) is 1. The molecule has 7 nitrogen and oxygen atoms in total. The normalized spacial score (nSPS) is 15.3. The van der Waals surface area contributed by atoms with Crippen molar-refractivity contribution in [2.45, 2.75) is 83.0 Å². The molecule has 0 heterocycles. The van der Waals surface area contributed by atoms with Gasteiger partial charge < -0.3 is 29.3 Å². The molecular formula is C19H37NO6. The number of quaternary nitrogens is 1. The molecule has 3 unspecified atom stereocenters. The molecule has 0 aromatic heterocycles. The van der Waals surface area contributed by atoms with Gasteiger partial charge in [-0.2, -0.15) is 0 Å². The highest BCUT2D eigenvalue weighted by Gasteiger charge is 2.23. The maximum Gasteiger partial charge on any atom is 0.308 e. The molecule has 7 heteroatoms. The zero-order valence-corrected chi connectivity index (χ0v) is 16.8. The van der Waals surface area contributed by atoms with E-state index in [9.17, 15) is 24.9 Å². The smallest absolute Gasteiger partial charge is 0.308 e. The molecule has 0 spiro atoms. The van der Waals surface area contributed by atoms with E-state index in [0.29, 0.717) is 17.4 Å². The van der Waals surface area contributed by atoms with Crippen molar-refractivity contribution in [3.8, 4) is 0 Å². The largest absolute Gasteiger partial charge is 0.550 e. The zero-order valence-electron chi connectivity index (χ0n) is 16.8. The average Bonchev–Trinajstić information content (AvgIpc) is 2.44. The van der Waals surface area contributed by atoms with Crippen LogP contribution in [0.15, 0.2) is 0 Å². The lowest BCUT2D eigenvalue weighted by molar-refractivity contribution is -0.873. The fourth-order valence-electron chi connectivity index (χ4n) is 2.88. The number of likely N-dealkylation sites (N-methyl/N-ethyl adjacent to an activating group) is 1. The zero-order chi connectivity index (χ0) is 20.2. The monoisotopic (exact) mass is 375 g/mol. The Bertz CT molecular complexity index is 407. The Morgan fingerprint density at radius 1 is 0.962 bits per heavy atom. The molecule has 0 rings (SSSR count). The van der Waals surface area contributed by atoms with E-state index in [4.69, 9.17) is 4.74 Å². The van der Waals surface area contributed by atoms with Crippen LogP contribution in [0.3, 0.4) is 0 Å². The number of rotatable bonds is 15. The summed E-state index contributed by atoms with van der Waals surface area (Å²) < 4.78 is 5.68. The minimum absolute atomic E-state index is 0.140. The number of carbonyl (C=O) groups excluding carboxylic acids is 2. The van der Waals surface area contributed by atoms with E-state index < -0.39 is 24.1 Å². The van der Waals surface area contributed by atoms with Crippen LogP contribution in [0, 0.1) is 0 Å². The summed E-state index contributed by atoms with van der Waals surface area (Å²) in [6.45, 7) is 2.40. The molecule has 3 atom stereocenters. The Kier molecular flexibility index (Phi) is 12.5. The first-order chi connectivity index (χ1) is 12.0. The van der Waals surface area contributed by atoms with Crippen LogP contribution in [0.25, 0.3) is 0 Å². The Morgan fingerprint density at radius 3 is 2.04 bits per heavy atom. The minimum Gasteiger partial charge on any atom is -0.550 e. The van der Waals surface area contributed by atoms with Gasteiger partial charge in [0.05, 0.1) is 39.8 Å². The highest BCUT2D eigenvalue weighted by molar-refractivity contribution is 5.71. The first-order valence-corrected chi connectivity index (χ1v) is 9.59. The standard InChI is InChI=1S/C19H37NO6/c1-5-9-15(21)10-7-6-8-11-16(22)12-19(25)26-17(13-18(23)24)14-20(2,3)4/h15-17,21-22H,5-14H2,1-4H3. The molecule has 0 aromatic carbocycles. The molecule has 0 amide bonds. The van der Waals surface area contributed by atoms with Crippen LogP contribution in [0.5, 0.6) is 0 Å². The number of esters is 1. The van der Waals surface area contributed by atoms with Gasteiger partial charge in [-0.25, -0.2) is 0 Å². The quantitative estimate of drug-likeness (QED) is 0.247. The number of carboxylic acids is 1. The first kappa shape index (κ1) is 24.8. The van der Waals surface area contributed by atoms with Gasteiger partial charge in [-0.05, 0) is 19.3 Å². The van der Waals surface area contributed by atoms with E-state index >= 15 is 0 Å². The van der Waals surface area contributed by atoms with Crippen LogP contribution in [0.4, 0.5) is 0 Å². The Balaban J connectivity index is 4.09. The van der Waals surface area contributed by atoms with Gasteiger partial charge in [0.25, 0.3) is 0 Å². The van der Waals surface area contributed by atoms with Crippen molar-refractivity contribution in [1.29, 1.82) is 0 Å². The fourth-order valence-corrected chi connectivity index (χ4v) is 2.88. The molecule has 0 aliphatic heterocycles. The number of hydrogen-bond acceptors (Lipinski definition) is 6. The predicted molar refractivity (Wildman–Crippen MR) is 97.0 cm³/mol. The fraction of sp³-hybridized carbons (Fsp3) is 0.895. The first-order valence-electron chi connectivity index (χ1n) is 9.59. The molecule has 26 heavy (non-hydrogen) atoms. The molecule has 2 N–H and O–H groups in total. The number of aliphatic carboxylic acids is 1. The second kappa shape index (κ2) is 13.1. The number of hydrogen-bond donors (Lipinski definition) is 2. The van der Waals surface area contributed by atoms with Gasteiger partial charge in [0.2, 0.25) is 0 Å². The second-order valence-corrected chi connectivity index (χ2v) is 8.10. The Labute approximate surface area is 157 Å². The van der Waals surface area contributed by atoms with Crippen molar-refractivity contribution in [2.75, 3.05) is 27.7 Å².